The minimum atomic E-state index is -0.633. The Kier molecular flexibility index (Phi) is 7.57. The van der Waals surface area contributed by atoms with Crippen LogP contribution in [0.15, 0.2) is 0 Å². The molecule has 0 aromatic heterocycles. The summed E-state index contributed by atoms with van der Waals surface area (Å²) < 4.78 is 10.8. The van der Waals surface area contributed by atoms with Crippen molar-refractivity contribution in [1.82, 2.24) is 5.32 Å². The molecule has 0 radical (unpaired) electrons. The van der Waals surface area contributed by atoms with Crippen molar-refractivity contribution in [3.8, 4) is 0 Å². The maximum absolute atomic E-state index is 10.8. The first-order chi connectivity index (χ1) is 6.07. The Bertz CT molecular complexity index is 148. The van der Waals surface area contributed by atoms with E-state index in [1.54, 1.807) is 6.26 Å². The maximum Gasteiger partial charge on any atom is 0.0244 e. The minimum Gasteiger partial charge on any atom is -0.314 e. The van der Waals surface area contributed by atoms with E-state index in [0.717, 1.165) is 18.7 Å². The molecule has 0 aromatic carbocycles. The Hall–Kier alpha value is 0.110. The summed E-state index contributed by atoms with van der Waals surface area (Å²) in [5.41, 5.74) is 0. The van der Waals surface area contributed by atoms with Gasteiger partial charge in [0.15, 0.2) is 0 Å². The van der Waals surface area contributed by atoms with Crippen LogP contribution in [0.3, 0.4) is 0 Å². The van der Waals surface area contributed by atoms with E-state index in [0.29, 0.717) is 12.0 Å². The zero-order chi connectivity index (χ0) is 10.3. The second-order valence-electron chi connectivity index (χ2n) is 3.84. The molecule has 0 aliphatic carbocycles. The van der Waals surface area contributed by atoms with Gasteiger partial charge in [0.25, 0.3) is 0 Å². The quantitative estimate of drug-likeness (QED) is 0.642. The molecule has 0 aromatic rings. The molecular weight excluding hydrogens is 182 g/mol. The van der Waals surface area contributed by atoms with Crippen LogP contribution in [0.4, 0.5) is 0 Å². The number of hydrogen-bond donors (Lipinski definition) is 1. The molecule has 0 heterocycles. The summed E-state index contributed by atoms with van der Waals surface area (Å²) in [4.78, 5) is 0. The summed E-state index contributed by atoms with van der Waals surface area (Å²) in [5, 5.41) is 3.49. The second-order valence-corrected chi connectivity index (χ2v) is 5.40. The molecule has 0 saturated carbocycles. The highest BCUT2D eigenvalue weighted by atomic mass is 32.2. The molecule has 0 amide bonds. The van der Waals surface area contributed by atoms with E-state index in [9.17, 15) is 4.21 Å². The van der Waals surface area contributed by atoms with Crippen LogP contribution in [0.2, 0.25) is 0 Å². The fourth-order valence-corrected chi connectivity index (χ4v) is 1.97. The summed E-state index contributed by atoms with van der Waals surface area (Å²) in [6, 6.07) is 0.616. The van der Waals surface area contributed by atoms with Gasteiger partial charge in [0.05, 0.1) is 0 Å². The van der Waals surface area contributed by atoms with Crippen LogP contribution in [-0.4, -0.2) is 28.8 Å². The van der Waals surface area contributed by atoms with Gasteiger partial charge in [-0.15, -0.1) is 0 Å². The normalized spacial score (nSPS) is 16.1. The Labute approximate surface area is 84.9 Å². The van der Waals surface area contributed by atoms with Crippen molar-refractivity contribution in [3.05, 3.63) is 0 Å². The van der Waals surface area contributed by atoms with Crippen molar-refractivity contribution in [1.29, 1.82) is 0 Å². The van der Waals surface area contributed by atoms with Crippen LogP contribution >= 0.6 is 0 Å². The predicted molar refractivity (Wildman–Crippen MR) is 60.5 cm³/mol. The molecule has 1 N–H and O–H groups in total. The van der Waals surface area contributed by atoms with E-state index in [-0.39, 0.29) is 0 Å². The third-order valence-corrected chi connectivity index (χ3v) is 3.12. The van der Waals surface area contributed by atoms with Crippen LogP contribution in [-0.2, 0) is 10.8 Å². The molecule has 0 saturated heterocycles. The fraction of sp³-hybridized carbons (Fsp3) is 1.00. The van der Waals surface area contributed by atoms with Gasteiger partial charge in [-0.1, -0.05) is 20.8 Å². The third-order valence-electron chi connectivity index (χ3n) is 2.26. The third kappa shape index (κ3) is 7.20. The summed E-state index contributed by atoms with van der Waals surface area (Å²) in [7, 11) is -0.633. The van der Waals surface area contributed by atoms with E-state index in [2.05, 4.69) is 26.1 Å². The first kappa shape index (κ1) is 13.1. The minimum absolute atomic E-state index is 0.616. The van der Waals surface area contributed by atoms with Gasteiger partial charge in [0, 0.05) is 28.9 Å². The van der Waals surface area contributed by atoms with E-state index >= 15 is 0 Å². The zero-order valence-electron chi connectivity index (χ0n) is 9.30. The van der Waals surface area contributed by atoms with Gasteiger partial charge in [-0.25, -0.2) is 0 Å². The van der Waals surface area contributed by atoms with Crippen molar-refractivity contribution in [2.75, 3.05) is 18.6 Å². The van der Waals surface area contributed by atoms with Gasteiger partial charge in [-0.3, -0.25) is 4.21 Å². The highest BCUT2D eigenvalue weighted by molar-refractivity contribution is 7.84. The smallest absolute Gasteiger partial charge is 0.0244 e. The van der Waals surface area contributed by atoms with Gasteiger partial charge in [-0.2, -0.15) is 0 Å². The molecule has 0 rings (SSSR count). The van der Waals surface area contributed by atoms with Gasteiger partial charge < -0.3 is 5.32 Å². The molecule has 0 aliphatic rings. The summed E-state index contributed by atoms with van der Waals surface area (Å²) in [6.45, 7) is 7.67. The van der Waals surface area contributed by atoms with Crippen LogP contribution < -0.4 is 5.32 Å². The van der Waals surface area contributed by atoms with Crippen LogP contribution in [0.1, 0.15) is 33.6 Å². The monoisotopic (exact) mass is 205 g/mol. The first-order valence-corrected chi connectivity index (χ1v) is 6.84. The number of rotatable bonds is 7. The second kappa shape index (κ2) is 7.51. The lowest BCUT2D eigenvalue weighted by Gasteiger charge is -2.20. The lowest BCUT2D eigenvalue weighted by Crippen LogP contribution is -2.34. The molecule has 0 spiro atoms. The van der Waals surface area contributed by atoms with Gasteiger partial charge in [0.1, 0.15) is 0 Å². The Balaban J connectivity index is 3.44. The molecule has 0 bridgehead atoms. The predicted octanol–water partition coefficient (Wildman–Crippen LogP) is 1.78. The summed E-state index contributed by atoms with van der Waals surface area (Å²) in [5.74, 6) is 1.51. The largest absolute Gasteiger partial charge is 0.314 e. The maximum atomic E-state index is 10.8. The van der Waals surface area contributed by atoms with E-state index < -0.39 is 10.8 Å². The lowest BCUT2D eigenvalue weighted by atomic mass is 10.0. The number of hydrogen-bond acceptors (Lipinski definition) is 2. The summed E-state index contributed by atoms with van der Waals surface area (Å²) in [6.07, 6.45) is 3.96. The van der Waals surface area contributed by atoms with Crippen molar-refractivity contribution in [2.24, 2.45) is 5.92 Å². The molecular formula is C10H23NOS. The Morgan fingerprint density at radius 3 is 2.38 bits per heavy atom. The highest BCUT2D eigenvalue weighted by Crippen LogP contribution is 2.04. The van der Waals surface area contributed by atoms with Crippen molar-refractivity contribution in [3.63, 3.8) is 0 Å². The first-order valence-electron chi connectivity index (χ1n) is 5.11. The van der Waals surface area contributed by atoms with Crippen LogP contribution in [0.25, 0.3) is 0 Å². The molecule has 2 nitrogen and oxygen atoms in total. The number of nitrogens with one attached hydrogen (secondary N) is 1. The average molecular weight is 205 g/mol. The average Bonchev–Trinajstić information content (AvgIpc) is 2.03. The Morgan fingerprint density at radius 2 is 2.00 bits per heavy atom. The molecule has 80 valence electrons. The molecule has 0 aliphatic heterocycles. The van der Waals surface area contributed by atoms with E-state index in [1.807, 2.05) is 0 Å². The van der Waals surface area contributed by atoms with Crippen molar-refractivity contribution in [2.45, 2.75) is 39.7 Å². The zero-order valence-corrected chi connectivity index (χ0v) is 10.1. The van der Waals surface area contributed by atoms with Crippen LogP contribution in [0.5, 0.6) is 0 Å². The molecule has 3 heteroatoms. The molecule has 13 heavy (non-hydrogen) atoms. The van der Waals surface area contributed by atoms with Crippen molar-refractivity contribution < 1.29 is 4.21 Å². The topological polar surface area (TPSA) is 29.1 Å². The molecule has 2 unspecified atom stereocenters. The van der Waals surface area contributed by atoms with E-state index in [1.165, 1.54) is 6.42 Å². The molecule has 2 atom stereocenters. The van der Waals surface area contributed by atoms with Crippen molar-refractivity contribution >= 4 is 10.8 Å². The van der Waals surface area contributed by atoms with Gasteiger partial charge in [-0.05, 0) is 25.3 Å². The molecule has 0 fully saturated rings. The van der Waals surface area contributed by atoms with Crippen LogP contribution in [0, 0.1) is 5.92 Å². The standard InChI is InChI=1S/C10H23NOS/c1-5-10(9(2)3)11-7-6-8-13(4)12/h9-11H,5-8H2,1-4H3. The summed E-state index contributed by atoms with van der Waals surface area (Å²) >= 11 is 0. The Morgan fingerprint density at radius 1 is 1.38 bits per heavy atom. The van der Waals surface area contributed by atoms with Gasteiger partial charge in [0.2, 0.25) is 0 Å². The SMILES string of the molecule is CCC(NCCCS(C)=O)C(C)C. The lowest BCUT2D eigenvalue weighted by molar-refractivity contribution is 0.390. The fourth-order valence-electron chi connectivity index (χ4n) is 1.41. The van der Waals surface area contributed by atoms with Gasteiger partial charge >= 0.3 is 0 Å². The highest BCUT2D eigenvalue weighted by Gasteiger charge is 2.08. The van der Waals surface area contributed by atoms with E-state index in [4.69, 9.17) is 0 Å².